The van der Waals surface area contributed by atoms with Crippen LogP contribution in [0, 0.1) is 11.3 Å². The molecule has 0 fully saturated rings. The molecule has 27 heavy (non-hydrogen) atoms. The highest BCUT2D eigenvalue weighted by molar-refractivity contribution is 8.00. The molecule has 0 saturated carbocycles. The summed E-state index contributed by atoms with van der Waals surface area (Å²) in [7, 11) is 0. The fourth-order valence-electron chi connectivity index (χ4n) is 2.61. The largest absolute Gasteiger partial charge is 0.493 e. The van der Waals surface area contributed by atoms with Crippen molar-refractivity contribution in [1.29, 1.82) is 5.26 Å². The summed E-state index contributed by atoms with van der Waals surface area (Å²) in [6.07, 6.45) is 1.16. The van der Waals surface area contributed by atoms with Gasteiger partial charge < -0.3 is 10.1 Å². The third kappa shape index (κ3) is 5.77. The molecule has 1 amide bonds. The third-order valence-electron chi connectivity index (χ3n) is 3.91. The Hall–Kier alpha value is -2.97. The number of anilines is 1. The van der Waals surface area contributed by atoms with E-state index in [1.807, 2.05) is 36.4 Å². The molecule has 0 aromatic heterocycles. The molecule has 0 bridgehead atoms. The van der Waals surface area contributed by atoms with Crippen molar-refractivity contribution in [1.82, 2.24) is 0 Å². The summed E-state index contributed by atoms with van der Waals surface area (Å²) >= 11 is 1.51. The van der Waals surface area contributed by atoms with E-state index in [0.717, 1.165) is 4.90 Å². The molecule has 136 valence electrons. The number of rotatable bonds is 8. The zero-order chi connectivity index (χ0) is 18.9. The number of nitrogens with one attached hydrogen (secondary N) is 1. The minimum absolute atomic E-state index is 0.0604. The van der Waals surface area contributed by atoms with Crippen LogP contribution >= 0.6 is 11.8 Å². The van der Waals surface area contributed by atoms with E-state index in [1.165, 1.54) is 22.5 Å². The van der Waals surface area contributed by atoms with Crippen LogP contribution in [-0.4, -0.2) is 18.3 Å². The van der Waals surface area contributed by atoms with Gasteiger partial charge in [0.15, 0.2) is 0 Å². The first kappa shape index (κ1) is 18.8. The lowest BCUT2D eigenvalue weighted by Crippen LogP contribution is -2.14. The Morgan fingerprint density at radius 1 is 1.04 bits per heavy atom. The lowest BCUT2D eigenvalue weighted by Gasteiger charge is -2.09. The molecular weight excluding hydrogens is 356 g/mol. The van der Waals surface area contributed by atoms with Crippen LogP contribution in [-0.2, 0) is 4.79 Å². The predicted molar refractivity (Wildman–Crippen MR) is 110 cm³/mol. The minimum Gasteiger partial charge on any atom is -0.493 e. The van der Waals surface area contributed by atoms with Crippen molar-refractivity contribution < 1.29 is 9.53 Å². The highest BCUT2D eigenvalue weighted by Crippen LogP contribution is 2.24. The molecule has 0 aliphatic carbocycles. The summed E-state index contributed by atoms with van der Waals surface area (Å²) in [4.78, 5) is 13.3. The molecule has 3 rings (SSSR count). The number of thioether (sulfide) groups is 1. The number of benzene rings is 3. The van der Waals surface area contributed by atoms with Gasteiger partial charge >= 0.3 is 0 Å². The average molecular weight is 376 g/mol. The molecule has 1 N–H and O–H groups in total. The van der Waals surface area contributed by atoms with E-state index in [0.29, 0.717) is 36.6 Å². The van der Waals surface area contributed by atoms with Gasteiger partial charge in [0.25, 0.3) is 0 Å². The minimum atomic E-state index is -0.0604. The van der Waals surface area contributed by atoms with Crippen molar-refractivity contribution in [3.63, 3.8) is 0 Å². The zero-order valence-electron chi connectivity index (χ0n) is 14.9. The van der Waals surface area contributed by atoms with Crippen LogP contribution in [0.3, 0.4) is 0 Å². The van der Waals surface area contributed by atoms with Crippen LogP contribution in [0.1, 0.15) is 12.8 Å². The smallest absolute Gasteiger partial charge is 0.234 e. The van der Waals surface area contributed by atoms with Crippen molar-refractivity contribution in [3.05, 3.63) is 66.7 Å². The fraction of sp³-hybridized carbons (Fsp3) is 0.182. The Balaban J connectivity index is 1.52. The molecule has 0 spiro atoms. The van der Waals surface area contributed by atoms with Crippen LogP contribution in [0.5, 0.6) is 5.75 Å². The highest BCUT2D eigenvalue weighted by atomic mass is 32.2. The van der Waals surface area contributed by atoms with Gasteiger partial charge in [-0.25, -0.2) is 0 Å². The standard InChI is InChI=1S/C22H20N2O2S/c23-12-3-4-13-26-20-9-5-8-19(15-20)24-22(25)16-27-21-11-10-17-6-1-2-7-18(17)14-21/h1-2,5-11,14-15H,3-4,13,16H2,(H,24,25). The van der Waals surface area contributed by atoms with Crippen molar-refractivity contribution in [2.45, 2.75) is 17.7 Å². The Bertz CT molecular complexity index is 966. The number of amides is 1. The zero-order valence-corrected chi connectivity index (χ0v) is 15.7. The normalized spacial score (nSPS) is 10.3. The Morgan fingerprint density at radius 3 is 2.74 bits per heavy atom. The molecule has 3 aromatic carbocycles. The van der Waals surface area contributed by atoms with Gasteiger partial charge in [0.1, 0.15) is 5.75 Å². The van der Waals surface area contributed by atoms with Gasteiger partial charge in [-0.1, -0.05) is 36.4 Å². The van der Waals surface area contributed by atoms with Gasteiger partial charge in [-0.3, -0.25) is 4.79 Å². The van der Waals surface area contributed by atoms with Gasteiger partial charge in [-0.15, -0.1) is 11.8 Å². The summed E-state index contributed by atoms with van der Waals surface area (Å²) in [6, 6.07) is 23.8. The summed E-state index contributed by atoms with van der Waals surface area (Å²) in [6.45, 7) is 0.489. The maximum Gasteiger partial charge on any atom is 0.234 e. The molecule has 0 aliphatic rings. The molecule has 0 heterocycles. The average Bonchev–Trinajstić information content (AvgIpc) is 2.70. The van der Waals surface area contributed by atoms with Crippen molar-refractivity contribution in [2.75, 3.05) is 17.7 Å². The molecule has 0 saturated heterocycles. The lowest BCUT2D eigenvalue weighted by atomic mass is 10.1. The molecule has 0 radical (unpaired) electrons. The van der Waals surface area contributed by atoms with Crippen LogP contribution < -0.4 is 10.1 Å². The van der Waals surface area contributed by atoms with Crippen LogP contribution in [0.25, 0.3) is 10.8 Å². The molecular formula is C22H20N2O2S. The maximum absolute atomic E-state index is 12.3. The van der Waals surface area contributed by atoms with E-state index in [9.17, 15) is 4.79 Å². The van der Waals surface area contributed by atoms with E-state index >= 15 is 0 Å². The number of carbonyl (C=O) groups is 1. The summed E-state index contributed by atoms with van der Waals surface area (Å²) in [5.41, 5.74) is 0.705. The second-order valence-corrected chi connectivity index (χ2v) is 7.03. The van der Waals surface area contributed by atoms with Gasteiger partial charge in [0, 0.05) is 23.1 Å². The van der Waals surface area contributed by atoms with E-state index < -0.39 is 0 Å². The van der Waals surface area contributed by atoms with E-state index in [1.54, 1.807) is 6.07 Å². The van der Waals surface area contributed by atoms with Crippen LogP contribution in [0.4, 0.5) is 5.69 Å². The first-order valence-corrected chi connectivity index (χ1v) is 9.74. The second-order valence-electron chi connectivity index (χ2n) is 5.98. The summed E-state index contributed by atoms with van der Waals surface area (Å²) < 4.78 is 5.59. The van der Waals surface area contributed by atoms with Crippen molar-refractivity contribution in [3.8, 4) is 11.8 Å². The van der Waals surface area contributed by atoms with Crippen molar-refractivity contribution >= 4 is 34.1 Å². The first-order chi connectivity index (χ1) is 13.2. The molecule has 5 heteroatoms. The van der Waals surface area contributed by atoms with E-state index in [-0.39, 0.29) is 5.91 Å². The first-order valence-electron chi connectivity index (χ1n) is 8.76. The van der Waals surface area contributed by atoms with Crippen LogP contribution in [0.2, 0.25) is 0 Å². The number of fused-ring (bicyclic) bond motifs is 1. The highest BCUT2D eigenvalue weighted by Gasteiger charge is 2.05. The molecule has 3 aromatic rings. The van der Waals surface area contributed by atoms with Gasteiger partial charge in [0.2, 0.25) is 5.91 Å². The number of hydrogen-bond acceptors (Lipinski definition) is 4. The number of hydrogen-bond donors (Lipinski definition) is 1. The number of ether oxygens (including phenoxy) is 1. The van der Waals surface area contributed by atoms with E-state index in [2.05, 4.69) is 35.7 Å². The number of unbranched alkanes of at least 4 members (excludes halogenated alkanes) is 1. The maximum atomic E-state index is 12.3. The second kappa shape index (κ2) is 9.65. The number of carbonyl (C=O) groups excluding carboxylic acids is 1. The Morgan fingerprint density at radius 2 is 1.89 bits per heavy atom. The monoisotopic (exact) mass is 376 g/mol. The lowest BCUT2D eigenvalue weighted by molar-refractivity contribution is -0.113. The Kier molecular flexibility index (Phi) is 6.72. The summed E-state index contributed by atoms with van der Waals surface area (Å²) in [5, 5.41) is 13.8. The molecule has 0 unspecified atom stereocenters. The molecule has 0 aliphatic heterocycles. The quantitative estimate of drug-likeness (QED) is 0.431. The fourth-order valence-corrected chi connectivity index (χ4v) is 3.35. The van der Waals surface area contributed by atoms with Crippen molar-refractivity contribution in [2.24, 2.45) is 0 Å². The molecule has 4 nitrogen and oxygen atoms in total. The van der Waals surface area contributed by atoms with Gasteiger partial charge in [-0.05, 0) is 41.5 Å². The summed E-state index contributed by atoms with van der Waals surface area (Å²) in [5.74, 6) is 0.966. The topological polar surface area (TPSA) is 62.1 Å². The van der Waals surface area contributed by atoms with Gasteiger partial charge in [-0.2, -0.15) is 5.26 Å². The van der Waals surface area contributed by atoms with E-state index in [4.69, 9.17) is 10.00 Å². The number of nitrogens with zero attached hydrogens (tertiary/aromatic N) is 1. The predicted octanol–water partition coefficient (Wildman–Crippen LogP) is 5.25. The third-order valence-corrected chi connectivity index (χ3v) is 4.90. The SMILES string of the molecule is N#CCCCOc1cccc(NC(=O)CSc2ccc3ccccc3c2)c1. The molecule has 0 atom stereocenters. The Labute approximate surface area is 163 Å². The number of nitriles is 1. The van der Waals surface area contributed by atoms with Crippen LogP contribution in [0.15, 0.2) is 71.6 Å². The van der Waals surface area contributed by atoms with Gasteiger partial charge in [0.05, 0.1) is 18.4 Å².